The van der Waals surface area contributed by atoms with Crippen molar-refractivity contribution in [2.75, 3.05) is 19.7 Å². The minimum absolute atomic E-state index is 0.0554. The topological polar surface area (TPSA) is 80.2 Å². The summed E-state index contributed by atoms with van der Waals surface area (Å²) in [6, 6.07) is 0. The van der Waals surface area contributed by atoms with Gasteiger partial charge in [0.05, 0.1) is 13.2 Å². The van der Waals surface area contributed by atoms with E-state index in [0.29, 0.717) is 0 Å². The molecule has 1 aliphatic rings. The Morgan fingerprint density at radius 2 is 2.28 bits per heavy atom. The Labute approximate surface area is 108 Å². The van der Waals surface area contributed by atoms with E-state index in [-0.39, 0.29) is 6.61 Å². The SMILES string of the molecule is CC(N)(CO)CCCCN1CCn2cnnc2C1. The maximum atomic E-state index is 9.07. The van der Waals surface area contributed by atoms with Crippen molar-refractivity contribution in [3.05, 3.63) is 12.2 Å². The fourth-order valence-corrected chi connectivity index (χ4v) is 2.25. The van der Waals surface area contributed by atoms with Gasteiger partial charge in [0.25, 0.3) is 0 Å². The van der Waals surface area contributed by atoms with Crippen LogP contribution in [-0.4, -0.2) is 50.0 Å². The summed E-state index contributed by atoms with van der Waals surface area (Å²) in [6.07, 6.45) is 4.83. The number of hydrogen-bond donors (Lipinski definition) is 2. The van der Waals surface area contributed by atoms with Gasteiger partial charge in [-0.25, -0.2) is 0 Å². The molecule has 0 bridgehead atoms. The van der Waals surface area contributed by atoms with Crippen molar-refractivity contribution in [1.82, 2.24) is 19.7 Å². The first-order valence-corrected chi connectivity index (χ1v) is 6.59. The van der Waals surface area contributed by atoms with Gasteiger partial charge in [0.15, 0.2) is 0 Å². The maximum Gasteiger partial charge on any atom is 0.147 e. The molecular formula is C12H23N5O. The molecule has 1 aromatic heterocycles. The van der Waals surface area contributed by atoms with Gasteiger partial charge in [0, 0.05) is 18.6 Å². The second kappa shape index (κ2) is 5.77. The fraction of sp³-hybridized carbons (Fsp3) is 0.833. The van der Waals surface area contributed by atoms with Gasteiger partial charge in [0.1, 0.15) is 12.2 Å². The van der Waals surface area contributed by atoms with E-state index in [0.717, 1.165) is 51.3 Å². The van der Waals surface area contributed by atoms with E-state index in [1.54, 1.807) is 6.33 Å². The Hall–Kier alpha value is -0.980. The van der Waals surface area contributed by atoms with Crippen LogP contribution < -0.4 is 5.73 Å². The van der Waals surface area contributed by atoms with E-state index in [9.17, 15) is 0 Å². The fourth-order valence-electron chi connectivity index (χ4n) is 2.25. The Kier molecular flexibility index (Phi) is 4.31. The average Bonchev–Trinajstić information content (AvgIpc) is 2.82. The molecule has 1 aliphatic heterocycles. The molecule has 3 N–H and O–H groups in total. The molecule has 0 radical (unpaired) electrons. The van der Waals surface area contributed by atoms with Crippen molar-refractivity contribution in [2.24, 2.45) is 5.73 Å². The third kappa shape index (κ3) is 3.51. The molecule has 0 amide bonds. The number of fused-ring (bicyclic) bond motifs is 1. The summed E-state index contributed by atoms with van der Waals surface area (Å²) < 4.78 is 2.11. The Bertz CT molecular complexity index is 376. The van der Waals surface area contributed by atoms with Gasteiger partial charge in [-0.15, -0.1) is 10.2 Å². The quantitative estimate of drug-likeness (QED) is 0.696. The maximum absolute atomic E-state index is 9.07. The normalized spacial score (nSPS) is 19.5. The first-order chi connectivity index (χ1) is 8.61. The summed E-state index contributed by atoms with van der Waals surface area (Å²) in [6.45, 7) is 5.95. The van der Waals surface area contributed by atoms with Gasteiger partial charge in [0.2, 0.25) is 0 Å². The molecular weight excluding hydrogens is 230 g/mol. The first kappa shape index (κ1) is 13.5. The number of rotatable bonds is 6. The minimum atomic E-state index is -0.428. The van der Waals surface area contributed by atoms with Crippen LogP contribution in [0.1, 0.15) is 32.0 Å². The summed E-state index contributed by atoms with van der Waals surface area (Å²) in [7, 11) is 0. The van der Waals surface area contributed by atoms with Crippen LogP contribution in [0.2, 0.25) is 0 Å². The van der Waals surface area contributed by atoms with Crippen molar-refractivity contribution in [2.45, 2.75) is 44.8 Å². The molecule has 0 fully saturated rings. The van der Waals surface area contributed by atoms with Crippen LogP contribution in [0.4, 0.5) is 0 Å². The summed E-state index contributed by atoms with van der Waals surface area (Å²) in [5.74, 6) is 1.06. The first-order valence-electron chi connectivity index (χ1n) is 6.59. The Morgan fingerprint density at radius 1 is 1.44 bits per heavy atom. The molecule has 0 aromatic carbocycles. The lowest BCUT2D eigenvalue weighted by atomic mass is 9.97. The molecule has 2 heterocycles. The van der Waals surface area contributed by atoms with Crippen LogP contribution >= 0.6 is 0 Å². The van der Waals surface area contributed by atoms with E-state index in [1.807, 2.05) is 6.92 Å². The van der Waals surface area contributed by atoms with Crippen molar-refractivity contribution in [3.8, 4) is 0 Å². The second-order valence-corrected chi connectivity index (χ2v) is 5.49. The van der Waals surface area contributed by atoms with Crippen LogP contribution in [0.15, 0.2) is 6.33 Å². The van der Waals surface area contributed by atoms with E-state index in [2.05, 4.69) is 19.7 Å². The molecule has 1 atom stereocenters. The lowest BCUT2D eigenvalue weighted by Gasteiger charge is -2.27. The summed E-state index contributed by atoms with van der Waals surface area (Å²) in [4.78, 5) is 2.40. The van der Waals surface area contributed by atoms with Gasteiger partial charge >= 0.3 is 0 Å². The highest BCUT2D eigenvalue weighted by Gasteiger charge is 2.18. The number of unbranched alkanes of at least 4 members (excludes halogenated alkanes) is 1. The van der Waals surface area contributed by atoms with Gasteiger partial charge in [-0.2, -0.15) is 0 Å². The molecule has 0 aliphatic carbocycles. The molecule has 6 heteroatoms. The smallest absolute Gasteiger partial charge is 0.147 e. The van der Waals surface area contributed by atoms with Crippen molar-refractivity contribution in [1.29, 1.82) is 0 Å². The number of aliphatic hydroxyl groups excluding tert-OH is 1. The average molecular weight is 253 g/mol. The number of hydrogen-bond acceptors (Lipinski definition) is 5. The highest BCUT2D eigenvalue weighted by Crippen LogP contribution is 2.13. The molecule has 6 nitrogen and oxygen atoms in total. The molecule has 0 spiro atoms. The van der Waals surface area contributed by atoms with E-state index >= 15 is 0 Å². The van der Waals surface area contributed by atoms with Crippen molar-refractivity contribution >= 4 is 0 Å². The van der Waals surface area contributed by atoms with Gasteiger partial charge in [-0.05, 0) is 26.3 Å². The molecule has 18 heavy (non-hydrogen) atoms. The monoisotopic (exact) mass is 253 g/mol. The zero-order valence-corrected chi connectivity index (χ0v) is 11.0. The van der Waals surface area contributed by atoms with E-state index in [1.165, 1.54) is 0 Å². The largest absolute Gasteiger partial charge is 0.394 e. The third-order valence-corrected chi connectivity index (χ3v) is 3.55. The van der Waals surface area contributed by atoms with E-state index in [4.69, 9.17) is 10.8 Å². The second-order valence-electron chi connectivity index (χ2n) is 5.49. The molecule has 2 rings (SSSR count). The lowest BCUT2D eigenvalue weighted by molar-refractivity contribution is 0.187. The minimum Gasteiger partial charge on any atom is -0.394 e. The summed E-state index contributed by atoms with van der Waals surface area (Å²) in [5.41, 5.74) is 5.47. The van der Waals surface area contributed by atoms with Gasteiger partial charge in [-0.3, -0.25) is 4.90 Å². The summed E-state index contributed by atoms with van der Waals surface area (Å²) >= 11 is 0. The summed E-state index contributed by atoms with van der Waals surface area (Å²) in [5, 5.41) is 17.1. The van der Waals surface area contributed by atoms with Crippen LogP contribution in [0.25, 0.3) is 0 Å². The van der Waals surface area contributed by atoms with Crippen molar-refractivity contribution in [3.63, 3.8) is 0 Å². The van der Waals surface area contributed by atoms with Gasteiger partial charge < -0.3 is 15.4 Å². The molecule has 102 valence electrons. The standard InChI is InChI=1S/C12H23N5O/c1-12(13,9-18)4-2-3-5-16-6-7-17-10-14-15-11(17)8-16/h10,18H,2-9,13H2,1H3. The molecule has 0 saturated heterocycles. The highest BCUT2D eigenvalue weighted by molar-refractivity contribution is 4.89. The Morgan fingerprint density at radius 3 is 3.06 bits per heavy atom. The lowest BCUT2D eigenvalue weighted by Crippen LogP contribution is -2.40. The van der Waals surface area contributed by atoms with Crippen LogP contribution in [0.5, 0.6) is 0 Å². The van der Waals surface area contributed by atoms with Crippen LogP contribution in [0.3, 0.4) is 0 Å². The zero-order valence-electron chi connectivity index (χ0n) is 11.0. The van der Waals surface area contributed by atoms with Crippen LogP contribution in [0, 0.1) is 0 Å². The number of nitrogens with two attached hydrogens (primary N) is 1. The van der Waals surface area contributed by atoms with E-state index < -0.39 is 5.54 Å². The molecule has 1 unspecified atom stereocenters. The van der Waals surface area contributed by atoms with Crippen molar-refractivity contribution < 1.29 is 5.11 Å². The Balaban J connectivity index is 1.67. The third-order valence-electron chi connectivity index (χ3n) is 3.55. The highest BCUT2D eigenvalue weighted by atomic mass is 16.3. The number of nitrogens with zero attached hydrogens (tertiary/aromatic N) is 4. The zero-order chi connectivity index (χ0) is 13.0. The molecule has 1 aromatic rings. The van der Waals surface area contributed by atoms with Gasteiger partial charge in [-0.1, -0.05) is 6.42 Å². The predicted molar refractivity (Wildman–Crippen MR) is 68.8 cm³/mol. The predicted octanol–water partition coefficient (Wildman–Crippen LogP) is -0.0263. The number of aliphatic hydroxyl groups is 1. The van der Waals surface area contributed by atoms with Crippen LogP contribution in [-0.2, 0) is 13.1 Å². The number of aromatic nitrogens is 3. The molecule has 0 saturated carbocycles.